The fourth-order valence-electron chi connectivity index (χ4n) is 3.68. The molecule has 6 nitrogen and oxygen atoms in total. The van der Waals surface area contributed by atoms with E-state index in [1.807, 2.05) is 34.7 Å². The zero-order valence-corrected chi connectivity index (χ0v) is 17.2. The molecule has 0 fully saturated rings. The number of imidazole rings is 1. The van der Waals surface area contributed by atoms with E-state index in [2.05, 4.69) is 27.1 Å². The second kappa shape index (κ2) is 7.88. The Hall–Kier alpha value is -2.84. The first kappa shape index (κ1) is 18.2. The summed E-state index contributed by atoms with van der Waals surface area (Å²) in [6.45, 7) is 0.664. The van der Waals surface area contributed by atoms with Crippen LogP contribution in [0.1, 0.15) is 33.9 Å². The third kappa shape index (κ3) is 3.61. The van der Waals surface area contributed by atoms with E-state index < -0.39 is 0 Å². The predicted molar refractivity (Wildman–Crippen MR) is 114 cm³/mol. The molecule has 0 saturated carbocycles. The number of hydrogen-bond donors (Lipinski definition) is 1. The van der Waals surface area contributed by atoms with Crippen LogP contribution in [0.4, 0.5) is 0 Å². The quantitative estimate of drug-likeness (QED) is 0.527. The van der Waals surface area contributed by atoms with Crippen molar-refractivity contribution in [2.45, 2.75) is 25.3 Å². The van der Waals surface area contributed by atoms with Crippen molar-refractivity contribution < 1.29 is 4.79 Å². The minimum absolute atomic E-state index is 0.121. The van der Waals surface area contributed by atoms with Crippen molar-refractivity contribution in [3.8, 4) is 10.4 Å². The number of hydrogen-bond acceptors (Lipinski definition) is 6. The third-order valence-corrected chi connectivity index (χ3v) is 7.04. The van der Waals surface area contributed by atoms with Crippen molar-refractivity contribution >= 4 is 28.6 Å². The highest BCUT2D eigenvalue weighted by Crippen LogP contribution is 2.38. The molecule has 0 spiro atoms. The van der Waals surface area contributed by atoms with E-state index in [4.69, 9.17) is 4.98 Å². The Labute approximate surface area is 176 Å². The van der Waals surface area contributed by atoms with E-state index in [0.717, 1.165) is 38.3 Å². The molecular weight excluding hydrogens is 402 g/mol. The molecule has 1 amide bonds. The van der Waals surface area contributed by atoms with Crippen molar-refractivity contribution in [1.82, 2.24) is 24.8 Å². The van der Waals surface area contributed by atoms with Crippen LogP contribution in [0.5, 0.6) is 0 Å². The molecule has 1 atom stereocenters. The summed E-state index contributed by atoms with van der Waals surface area (Å²) in [6.07, 6.45) is 7.29. The molecule has 0 bridgehead atoms. The van der Waals surface area contributed by atoms with Crippen LogP contribution < -0.4 is 0 Å². The van der Waals surface area contributed by atoms with E-state index in [-0.39, 0.29) is 11.9 Å². The van der Waals surface area contributed by atoms with Crippen molar-refractivity contribution in [3.05, 3.63) is 75.8 Å². The number of H-pyrrole nitrogens is 1. The van der Waals surface area contributed by atoms with Gasteiger partial charge in [0.25, 0.3) is 0 Å². The van der Waals surface area contributed by atoms with Crippen LogP contribution in [0.2, 0.25) is 0 Å². The molecule has 5 rings (SSSR count). The van der Waals surface area contributed by atoms with Crippen LogP contribution in [0.3, 0.4) is 0 Å². The Morgan fingerprint density at radius 3 is 2.93 bits per heavy atom. The fraction of sp³-hybridized carbons (Fsp3) is 0.238. The van der Waals surface area contributed by atoms with Gasteiger partial charge in [-0.2, -0.15) is 0 Å². The number of nitrogens with zero attached hydrogens (tertiary/aromatic N) is 4. The van der Waals surface area contributed by atoms with E-state index >= 15 is 0 Å². The van der Waals surface area contributed by atoms with Crippen molar-refractivity contribution in [2.75, 3.05) is 6.54 Å². The minimum Gasteiger partial charge on any atom is -0.348 e. The van der Waals surface area contributed by atoms with Crippen LogP contribution in [0.25, 0.3) is 10.4 Å². The topological polar surface area (TPSA) is 74.8 Å². The maximum atomic E-state index is 13.1. The number of carbonyl (C=O) groups excluding carboxylic acids is 1. The molecule has 0 unspecified atom stereocenters. The molecule has 29 heavy (non-hydrogen) atoms. The maximum absolute atomic E-state index is 13.1. The Bertz CT molecular complexity index is 1100. The van der Waals surface area contributed by atoms with Gasteiger partial charge in [0.1, 0.15) is 11.0 Å². The monoisotopic (exact) mass is 421 g/mol. The lowest BCUT2D eigenvalue weighted by molar-refractivity contribution is -0.133. The number of aromatic amines is 1. The lowest BCUT2D eigenvalue weighted by atomic mass is 10.0. The second-order valence-corrected chi connectivity index (χ2v) is 8.90. The number of nitrogens with one attached hydrogen (secondary N) is 1. The zero-order valence-electron chi connectivity index (χ0n) is 15.6. The molecule has 1 aliphatic rings. The van der Waals surface area contributed by atoms with Crippen LogP contribution in [-0.2, 0) is 17.6 Å². The van der Waals surface area contributed by atoms with Gasteiger partial charge >= 0.3 is 0 Å². The van der Waals surface area contributed by atoms with Gasteiger partial charge in [-0.1, -0.05) is 30.3 Å². The maximum Gasteiger partial charge on any atom is 0.223 e. The molecule has 146 valence electrons. The van der Waals surface area contributed by atoms with Crippen molar-refractivity contribution in [3.63, 3.8) is 0 Å². The summed E-state index contributed by atoms with van der Waals surface area (Å²) in [7, 11) is 0. The number of amides is 1. The first-order valence-corrected chi connectivity index (χ1v) is 11.2. The fourth-order valence-corrected chi connectivity index (χ4v) is 5.34. The standard InChI is InChI=1S/C21H19N5OS2/c27-18(7-6-17-22-9-11-28-17)26-10-8-15-19(25-13-24-15)20(26)21-23-12-16(29-21)14-4-2-1-3-5-14/h1-5,9,11-13,20H,6-8,10H2,(H,24,25)/t20-/m0/s1. The smallest absolute Gasteiger partial charge is 0.223 e. The van der Waals surface area contributed by atoms with Gasteiger partial charge in [-0.05, 0) is 5.56 Å². The molecule has 4 aromatic rings. The van der Waals surface area contributed by atoms with Crippen LogP contribution >= 0.6 is 22.7 Å². The van der Waals surface area contributed by atoms with Crippen molar-refractivity contribution in [2.24, 2.45) is 0 Å². The normalized spacial score (nSPS) is 16.0. The molecular formula is C21H19N5OS2. The SMILES string of the molecule is O=C(CCc1nccs1)N1CCc2[nH]cnc2[C@H]1c1ncc(-c2ccccc2)s1. The molecule has 1 N–H and O–H groups in total. The summed E-state index contributed by atoms with van der Waals surface area (Å²) in [6, 6.07) is 9.97. The van der Waals surface area contributed by atoms with Gasteiger partial charge in [-0.25, -0.2) is 15.0 Å². The van der Waals surface area contributed by atoms with E-state index in [9.17, 15) is 4.79 Å². The number of rotatable bonds is 5. The molecule has 3 aromatic heterocycles. The third-order valence-electron chi connectivity index (χ3n) is 5.10. The molecule has 1 aliphatic heterocycles. The van der Waals surface area contributed by atoms with E-state index in [1.165, 1.54) is 0 Å². The van der Waals surface area contributed by atoms with Crippen molar-refractivity contribution in [1.29, 1.82) is 0 Å². The number of thiazole rings is 2. The van der Waals surface area contributed by atoms with Crippen LogP contribution in [0.15, 0.2) is 54.4 Å². The van der Waals surface area contributed by atoms with E-state index in [0.29, 0.717) is 19.4 Å². The summed E-state index contributed by atoms with van der Waals surface area (Å²) in [5, 5.41) is 3.84. The summed E-state index contributed by atoms with van der Waals surface area (Å²) in [5.41, 5.74) is 3.14. The molecule has 0 aliphatic carbocycles. The average molecular weight is 422 g/mol. The average Bonchev–Trinajstić information content (AvgIpc) is 3.53. The molecule has 0 radical (unpaired) electrons. The first-order valence-electron chi connectivity index (χ1n) is 9.51. The highest BCUT2D eigenvalue weighted by Gasteiger charge is 2.35. The molecule has 4 heterocycles. The number of benzene rings is 1. The second-order valence-electron chi connectivity index (χ2n) is 6.86. The Kier molecular flexibility index (Phi) is 4.95. The van der Waals surface area contributed by atoms with Crippen LogP contribution in [-0.4, -0.2) is 37.3 Å². The zero-order chi connectivity index (χ0) is 19.6. The number of aromatic nitrogens is 4. The molecule has 8 heteroatoms. The number of aryl methyl sites for hydroxylation is 1. The van der Waals surface area contributed by atoms with Gasteiger partial charge in [-0.15, -0.1) is 22.7 Å². The van der Waals surface area contributed by atoms with E-state index in [1.54, 1.807) is 35.2 Å². The summed E-state index contributed by atoms with van der Waals surface area (Å²) in [5.74, 6) is 0.121. The van der Waals surface area contributed by atoms with Gasteiger partial charge in [0, 0.05) is 49.3 Å². The Morgan fingerprint density at radius 2 is 2.10 bits per heavy atom. The summed E-state index contributed by atoms with van der Waals surface area (Å²) in [4.78, 5) is 32.9. The van der Waals surface area contributed by atoms with Gasteiger partial charge < -0.3 is 9.88 Å². The number of carbonyl (C=O) groups is 1. The predicted octanol–water partition coefficient (Wildman–Crippen LogP) is 4.10. The Balaban J connectivity index is 1.44. The van der Waals surface area contributed by atoms with Gasteiger partial charge in [0.05, 0.1) is 21.9 Å². The molecule has 1 aromatic carbocycles. The summed E-state index contributed by atoms with van der Waals surface area (Å²) < 4.78 is 0. The Morgan fingerprint density at radius 1 is 1.21 bits per heavy atom. The van der Waals surface area contributed by atoms with Gasteiger partial charge in [0.2, 0.25) is 5.91 Å². The first-order chi connectivity index (χ1) is 14.3. The molecule has 0 saturated heterocycles. The highest BCUT2D eigenvalue weighted by molar-refractivity contribution is 7.15. The number of fused-ring (bicyclic) bond motifs is 1. The van der Waals surface area contributed by atoms with Gasteiger partial charge in [0.15, 0.2) is 0 Å². The lowest BCUT2D eigenvalue weighted by Gasteiger charge is -2.33. The summed E-state index contributed by atoms with van der Waals surface area (Å²) >= 11 is 3.22. The highest BCUT2D eigenvalue weighted by atomic mass is 32.1. The van der Waals surface area contributed by atoms with Crippen LogP contribution in [0, 0.1) is 0 Å². The minimum atomic E-state index is -0.240. The lowest BCUT2D eigenvalue weighted by Crippen LogP contribution is -2.40. The van der Waals surface area contributed by atoms with Gasteiger partial charge in [-0.3, -0.25) is 4.79 Å². The largest absolute Gasteiger partial charge is 0.348 e.